The molecule has 0 aliphatic rings. The van der Waals surface area contributed by atoms with E-state index in [0.29, 0.717) is 11.1 Å². The van der Waals surface area contributed by atoms with Gasteiger partial charge in [-0.1, -0.05) is 52.0 Å². The van der Waals surface area contributed by atoms with E-state index in [-0.39, 0.29) is 43.0 Å². The standard InChI is InChI=1S/C30H39NO10/c1-18(2)16-36-29(34)40-25-13-12-22(15-26(25)41-30(35)37-17-19(3)4)14-24(31)28(33)39-21(6)20(5)38-27(32)23-10-8-7-9-11-23/h7-13,15,18-21,24H,14,16-17,31H2,1-6H3/t20-,21-,24-/m0/s1. The van der Waals surface area contributed by atoms with E-state index < -0.39 is 42.5 Å². The van der Waals surface area contributed by atoms with Crippen molar-refractivity contribution in [3.05, 3.63) is 59.7 Å². The number of esters is 2. The highest BCUT2D eigenvalue weighted by Crippen LogP contribution is 2.30. The van der Waals surface area contributed by atoms with Crippen molar-refractivity contribution in [2.24, 2.45) is 17.6 Å². The van der Waals surface area contributed by atoms with E-state index in [0.717, 1.165) is 0 Å². The van der Waals surface area contributed by atoms with Crippen LogP contribution in [0.3, 0.4) is 0 Å². The monoisotopic (exact) mass is 573 g/mol. The molecule has 0 saturated heterocycles. The van der Waals surface area contributed by atoms with Gasteiger partial charge in [0.2, 0.25) is 0 Å². The average molecular weight is 574 g/mol. The van der Waals surface area contributed by atoms with Gasteiger partial charge in [0.15, 0.2) is 11.5 Å². The second-order valence-electron chi connectivity index (χ2n) is 10.3. The van der Waals surface area contributed by atoms with Crippen LogP contribution in [-0.4, -0.2) is 55.7 Å². The second kappa shape index (κ2) is 16.2. The average Bonchev–Trinajstić information content (AvgIpc) is 2.92. The van der Waals surface area contributed by atoms with Crippen molar-refractivity contribution in [3.63, 3.8) is 0 Å². The molecule has 0 bridgehead atoms. The minimum Gasteiger partial charge on any atom is -0.458 e. The van der Waals surface area contributed by atoms with E-state index in [1.807, 2.05) is 27.7 Å². The zero-order valence-corrected chi connectivity index (χ0v) is 24.3. The van der Waals surface area contributed by atoms with E-state index in [4.69, 9.17) is 34.2 Å². The van der Waals surface area contributed by atoms with Crippen LogP contribution < -0.4 is 15.2 Å². The van der Waals surface area contributed by atoms with Crippen molar-refractivity contribution in [2.75, 3.05) is 13.2 Å². The first-order chi connectivity index (χ1) is 19.3. The minimum atomic E-state index is -1.10. The predicted octanol–water partition coefficient (Wildman–Crippen LogP) is 5.08. The van der Waals surface area contributed by atoms with Gasteiger partial charge in [-0.3, -0.25) is 4.79 Å². The van der Waals surface area contributed by atoms with Crippen molar-refractivity contribution in [1.29, 1.82) is 0 Å². The van der Waals surface area contributed by atoms with Crippen molar-refractivity contribution in [1.82, 2.24) is 0 Å². The fourth-order valence-corrected chi connectivity index (χ4v) is 3.16. The third kappa shape index (κ3) is 11.9. The number of rotatable bonds is 13. The van der Waals surface area contributed by atoms with Gasteiger partial charge < -0.3 is 34.2 Å². The van der Waals surface area contributed by atoms with Gasteiger partial charge in [-0.2, -0.15) is 0 Å². The number of benzene rings is 2. The molecule has 0 aromatic heterocycles. The molecule has 41 heavy (non-hydrogen) atoms. The first kappa shape index (κ1) is 33.1. The summed E-state index contributed by atoms with van der Waals surface area (Å²) in [6.45, 7) is 10.9. The Hall–Kier alpha value is -4.12. The summed E-state index contributed by atoms with van der Waals surface area (Å²) in [5.41, 5.74) is 6.95. The maximum atomic E-state index is 12.7. The number of hydrogen-bond donors (Lipinski definition) is 1. The van der Waals surface area contributed by atoms with E-state index in [1.54, 1.807) is 50.2 Å². The molecule has 2 aromatic rings. The summed E-state index contributed by atoms with van der Waals surface area (Å²) in [5.74, 6) is -1.30. The van der Waals surface area contributed by atoms with Crippen molar-refractivity contribution >= 4 is 24.2 Å². The van der Waals surface area contributed by atoms with Gasteiger partial charge in [-0.05, 0) is 61.9 Å². The molecule has 0 spiro atoms. The van der Waals surface area contributed by atoms with Gasteiger partial charge in [-0.25, -0.2) is 14.4 Å². The maximum Gasteiger partial charge on any atom is 0.513 e. The smallest absolute Gasteiger partial charge is 0.458 e. The summed E-state index contributed by atoms with van der Waals surface area (Å²) < 4.78 is 31.4. The third-order valence-electron chi connectivity index (χ3n) is 5.49. The SMILES string of the molecule is CC(C)COC(=O)Oc1ccc(C[C@H](N)C(=O)O[C@@H](C)[C@H](C)OC(=O)c2ccccc2)cc1OC(=O)OCC(C)C. The molecule has 2 aromatic carbocycles. The maximum absolute atomic E-state index is 12.7. The molecule has 0 saturated carbocycles. The predicted molar refractivity (Wildman–Crippen MR) is 149 cm³/mol. The molecule has 11 nitrogen and oxygen atoms in total. The molecule has 0 amide bonds. The molecule has 11 heteroatoms. The molecular weight excluding hydrogens is 534 g/mol. The molecule has 0 unspecified atom stereocenters. The van der Waals surface area contributed by atoms with Gasteiger partial charge in [-0.15, -0.1) is 0 Å². The van der Waals surface area contributed by atoms with Crippen LogP contribution in [0.4, 0.5) is 9.59 Å². The molecule has 0 radical (unpaired) electrons. The Labute approximate surface area is 240 Å². The zero-order valence-electron chi connectivity index (χ0n) is 24.3. The van der Waals surface area contributed by atoms with Crippen molar-refractivity contribution in [2.45, 2.75) is 66.2 Å². The van der Waals surface area contributed by atoms with Crippen LogP contribution in [0.1, 0.15) is 57.5 Å². The van der Waals surface area contributed by atoms with E-state index in [1.165, 1.54) is 12.1 Å². The summed E-state index contributed by atoms with van der Waals surface area (Å²) in [5, 5.41) is 0. The van der Waals surface area contributed by atoms with E-state index in [9.17, 15) is 19.2 Å². The van der Waals surface area contributed by atoms with Gasteiger partial charge >= 0.3 is 24.2 Å². The molecular formula is C30H39NO10. The number of carbonyl (C=O) groups is 4. The largest absolute Gasteiger partial charge is 0.513 e. The molecule has 2 N–H and O–H groups in total. The van der Waals surface area contributed by atoms with Gasteiger partial charge in [0.05, 0.1) is 18.8 Å². The Balaban J connectivity index is 2.06. The van der Waals surface area contributed by atoms with Crippen LogP contribution in [0.15, 0.2) is 48.5 Å². The fraction of sp³-hybridized carbons (Fsp3) is 0.467. The first-order valence-electron chi connectivity index (χ1n) is 13.4. The molecule has 0 fully saturated rings. The third-order valence-corrected chi connectivity index (χ3v) is 5.49. The highest BCUT2D eigenvalue weighted by atomic mass is 16.7. The molecule has 0 aliphatic heterocycles. The van der Waals surface area contributed by atoms with Crippen LogP contribution in [-0.2, 0) is 30.2 Å². The molecule has 2 rings (SSSR count). The Morgan fingerprint density at radius 3 is 1.80 bits per heavy atom. The molecule has 0 aliphatic carbocycles. The van der Waals surface area contributed by atoms with Gasteiger partial charge in [0.1, 0.15) is 18.2 Å². The number of nitrogens with two attached hydrogens (primary N) is 1. The Morgan fingerprint density at radius 1 is 0.707 bits per heavy atom. The molecule has 0 heterocycles. The van der Waals surface area contributed by atoms with Crippen LogP contribution in [0.25, 0.3) is 0 Å². The Bertz CT molecular complexity index is 1170. The fourth-order valence-electron chi connectivity index (χ4n) is 3.16. The lowest BCUT2D eigenvalue weighted by Gasteiger charge is -2.22. The van der Waals surface area contributed by atoms with Crippen LogP contribution in [0.2, 0.25) is 0 Å². The van der Waals surface area contributed by atoms with E-state index in [2.05, 4.69) is 0 Å². The minimum absolute atomic E-state index is 0.000779. The lowest BCUT2D eigenvalue weighted by molar-refractivity contribution is -0.154. The number of hydrogen-bond acceptors (Lipinski definition) is 11. The number of carbonyl (C=O) groups excluding carboxylic acids is 4. The first-order valence-corrected chi connectivity index (χ1v) is 13.4. The molecule has 3 atom stereocenters. The van der Waals surface area contributed by atoms with Gasteiger partial charge in [0, 0.05) is 0 Å². The quantitative estimate of drug-likeness (QED) is 0.194. The second-order valence-corrected chi connectivity index (χ2v) is 10.3. The lowest BCUT2D eigenvalue weighted by atomic mass is 10.1. The van der Waals surface area contributed by atoms with Crippen LogP contribution in [0, 0.1) is 11.8 Å². The number of ether oxygens (including phenoxy) is 6. The van der Waals surface area contributed by atoms with E-state index >= 15 is 0 Å². The summed E-state index contributed by atoms with van der Waals surface area (Å²) >= 11 is 0. The molecule has 224 valence electrons. The van der Waals surface area contributed by atoms with Crippen LogP contribution in [0.5, 0.6) is 11.5 Å². The summed E-state index contributed by atoms with van der Waals surface area (Å²) in [6, 6.07) is 11.7. The summed E-state index contributed by atoms with van der Waals surface area (Å²) in [7, 11) is 0. The zero-order chi connectivity index (χ0) is 30.5. The van der Waals surface area contributed by atoms with Gasteiger partial charge in [0.25, 0.3) is 0 Å². The van der Waals surface area contributed by atoms with Crippen molar-refractivity contribution in [3.8, 4) is 11.5 Å². The lowest BCUT2D eigenvalue weighted by Crippen LogP contribution is -2.39. The highest BCUT2D eigenvalue weighted by molar-refractivity contribution is 5.89. The normalized spacial score (nSPS) is 13.1. The topological polar surface area (TPSA) is 150 Å². The Morgan fingerprint density at radius 2 is 1.24 bits per heavy atom. The van der Waals surface area contributed by atoms with Crippen molar-refractivity contribution < 1.29 is 47.6 Å². The van der Waals surface area contributed by atoms with Crippen LogP contribution >= 0.6 is 0 Å². The summed E-state index contributed by atoms with van der Waals surface area (Å²) in [6.07, 6.45) is -3.47. The highest BCUT2D eigenvalue weighted by Gasteiger charge is 2.25. The Kier molecular flexibility index (Phi) is 13.1. The summed E-state index contributed by atoms with van der Waals surface area (Å²) in [4.78, 5) is 49.3.